The normalized spacial score (nSPS) is 13.0. The van der Waals surface area contributed by atoms with E-state index in [1.807, 2.05) is 32.0 Å². The van der Waals surface area contributed by atoms with Crippen molar-refractivity contribution in [1.82, 2.24) is 0 Å². The van der Waals surface area contributed by atoms with E-state index < -0.39 is 6.92 Å². The van der Waals surface area contributed by atoms with Crippen molar-refractivity contribution in [3.8, 4) is 11.1 Å². The van der Waals surface area contributed by atoms with Gasteiger partial charge in [0.15, 0.2) is 0 Å². The van der Waals surface area contributed by atoms with Gasteiger partial charge in [0.25, 0.3) is 6.92 Å². The summed E-state index contributed by atoms with van der Waals surface area (Å²) in [5, 5.41) is 9.98. The van der Waals surface area contributed by atoms with Crippen molar-refractivity contribution in [1.29, 1.82) is 0 Å². The minimum Gasteiger partial charge on any atom is -0.466 e. The summed E-state index contributed by atoms with van der Waals surface area (Å²) in [5.74, 6) is -0.342. The Morgan fingerprint density at radius 1 is 1.00 bits per heavy atom. The second kappa shape index (κ2) is 12.5. The molecule has 0 radical (unpaired) electrons. The van der Waals surface area contributed by atoms with Gasteiger partial charge < -0.3 is 14.5 Å². The summed E-state index contributed by atoms with van der Waals surface area (Å²) in [6.07, 6.45) is 2.09. The predicted molar refractivity (Wildman–Crippen MR) is 119 cm³/mol. The standard InChI is InChI=1S/C24H33BO4/c1-4-28-18-23(24(26)29-5-2)16-20(17-25(3)27)15-19-11-13-22(14-12-19)21-9-7-6-8-10-21/h6-14,20,23,27H,4-5,15-18H2,1-3H3/t20-,23+/m1/s1. The van der Waals surface area contributed by atoms with Crippen LogP contribution in [0, 0.1) is 11.8 Å². The zero-order valence-corrected chi connectivity index (χ0v) is 17.8. The third kappa shape index (κ3) is 8.04. The second-order valence-electron chi connectivity index (χ2n) is 7.56. The third-order valence-corrected chi connectivity index (χ3v) is 5.02. The van der Waals surface area contributed by atoms with Crippen molar-refractivity contribution in [2.75, 3.05) is 19.8 Å². The zero-order valence-electron chi connectivity index (χ0n) is 17.8. The van der Waals surface area contributed by atoms with Gasteiger partial charge in [-0.3, -0.25) is 4.79 Å². The van der Waals surface area contributed by atoms with Crippen molar-refractivity contribution >= 4 is 12.9 Å². The summed E-state index contributed by atoms with van der Waals surface area (Å²) in [6, 6.07) is 18.8. The fourth-order valence-corrected chi connectivity index (χ4v) is 3.70. The monoisotopic (exact) mass is 396 g/mol. The smallest absolute Gasteiger partial charge is 0.311 e. The van der Waals surface area contributed by atoms with Gasteiger partial charge in [-0.25, -0.2) is 0 Å². The van der Waals surface area contributed by atoms with Gasteiger partial charge in [-0.05, 0) is 55.6 Å². The summed E-state index contributed by atoms with van der Waals surface area (Å²) in [5.41, 5.74) is 3.58. The van der Waals surface area contributed by atoms with Crippen molar-refractivity contribution in [2.24, 2.45) is 11.8 Å². The Balaban J connectivity index is 2.09. The maximum atomic E-state index is 12.4. The highest BCUT2D eigenvalue weighted by Gasteiger charge is 2.26. The van der Waals surface area contributed by atoms with E-state index in [2.05, 4.69) is 36.4 Å². The molecule has 0 saturated heterocycles. The molecule has 0 saturated carbocycles. The van der Waals surface area contributed by atoms with Crippen LogP contribution in [0.15, 0.2) is 54.6 Å². The van der Waals surface area contributed by atoms with E-state index in [0.717, 1.165) is 6.42 Å². The molecule has 0 aliphatic heterocycles. The lowest BCUT2D eigenvalue weighted by Gasteiger charge is -2.23. The Bertz CT molecular complexity index is 715. The lowest BCUT2D eigenvalue weighted by molar-refractivity contribution is -0.150. The van der Waals surface area contributed by atoms with Gasteiger partial charge in [0.05, 0.1) is 19.1 Å². The van der Waals surface area contributed by atoms with E-state index in [9.17, 15) is 9.82 Å². The molecule has 2 atom stereocenters. The average molecular weight is 396 g/mol. The molecule has 5 heteroatoms. The second-order valence-corrected chi connectivity index (χ2v) is 7.56. The van der Waals surface area contributed by atoms with E-state index in [0.29, 0.717) is 32.6 Å². The molecule has 0 spiro atoms. The SMILES string of the molecule is CCOC[C@H](C[C@H](CB(C)O)Cc1ccc(-c2ccccc2)cc1)C(=O)OCC. The predicted octanol–water partition coefficient (Wildman–Crippen LogP) is 4.73. The maximum absolute atomic E-state index is 12.4. The third-order valence-electron chi connectivity index (χ3n) is 5.02. The molecule has 0 aliphatic carbocycles. The molecular weight excluding hydrogens is 363 g/mol. The first-order valence-corrected chi connectivity index (χ1v) is 10.6. The van der Waals surface area contributed by atoms with Gasteiger partial charge in [0.1, 0.15) is 0 Å². The first-order valence-electron chi connectivity index (χ1n) is 10.6. The number of carbonyl (C=O) groups is 1. The van der Waals surface area contributed by atoms with Crippen LogP contribution in [0.3, 0.4) is 0 Å². The van der Waals surface area contributed by atoms with Gasteiger partial charge in [-0.2, -0.15) is 0 Å². The van der Waals surface area contributed by atoms with Gasteiger partial charge in [0.2, 0.25) is 0 Å². The molecule has 29 heavy (non-hydrogen) atoms. The molecule has 0 unspecified atom stereocenters. The van der Waals surface area contributed by atoms with E-state index in [-0.39, 0.29) is 17.8 Å². The van der Waals surface area contributed by atoms with Crippen LogP contribution >= 0.6 is 0 Å². The lowest BCUT2D eigenvalue weighted by Crippen LogP contribution is -2.27. The molecule has 0 heterocycles. The summed E-state index contributed by atoms with van der Waals surface area (Å²) in [4.78, 5) is 12.4. The molecular formula is C24H33BO4. The number of carbonyl (C=O) groups excluding carboxylic acids is 1. The van der Waals surface area contributed by atoms with Crippen molar-refractivity contribution in [3.05, 3.63) is 60.2 Å². The Kier molecular flexibility index (Phi) is 9.95. The number of hydrogen-bond donors (Lipinski definition) is 1. The summed E-state index contributed by atoms with van der Waals surface area (Å²) in [6.45, 7) is 6.41. The number of benzene rings is 2. The topological polar surface area (TPSA) is 55.8 Å². The minimum absolute atomic E-state index is 0.174. The maximum Gasteiger partial charge on any atom is 0.311 e. The van der Waals surface area contributed by atoms with E-state index in [1.54, 1.807) is 6.82 Å². The van der Waals surface area contributed by atoms with Crippen molar-refractivity contribution < 1.29 is 19.3 Å². The molecule has 2 aromatic rings. The Labute approximate surface area is 175 Å². The zero-order chi connectivity index (χ0) is 21.1. The molecule has 156 valence electrons. The molecule has 0 bridgehead atoms. The quantitative estimate of drug-likeness (QED) is 0.416. The number of esters is 1. The molecule has 4 nitrogen and oxygen atoms in total. The van der Waals surface area contributed by atoms with Crippen molar-refractivity contribution in [2.45, 2.75) is 39.8 Å². The largest absolute Gasteiger partial charge is 0.466 e. The van der Waals surface area contributed by atoms with Crippen LogP contribution in [-0.2, 0) is 20.7 Å². The molecule has 2 aromatic carbocycles. The molecule has 0 amide bonds. The van der Waals surface area contributed by atoms with E-state index in [4.69, 9.17) is 9.47 Å². The Hall–Kier alpha value is -2.11. The van der Waals surface area contributed by atoms with Gasteiger partial charge in [0, 0.05) is 6.61 Å². The molecule has 0 fully saturated rings. The van der Waals surface area contributed by atoms with E-state index >= 15 is 0 Å². The van der Waals surface area contributed by atoms with Crippen LogP contribution in [0.5, 0.6) is 0 Å². The summed E-state index contributed by atoms with van der Waals surface area (Å²) >= 11 is 0. The van der Waals surface area contributed by atoms with Crippen LogP contribution in [-0.4, -0.2) is 37.7 Å². The van der Waals surface area contributed by atoms with Crippen LogP contribution in [0.1, 0.15) is 25.8 Å². The molecule has 0 aromatic heterocycles. The van der Waals surface area contributed by atoms with Crippen LogP contribution < -0.4 is 0 Å². The summed E-state index contributed by atoms with van der Waals surface area (Å²) in [7, 11) is 0. The molecule has 0 aliphatic rings. The van der Waals surface area contributed by atoms with Crippen LogP contribution in [0.2, 0.25) is 13.1 Å². The highest BCUT2D eigenvalue weighted by molar-refractivity contribution is 6.48. The highest BCUT2D eigenvalue weighted by Crippen LogP contribution is 2.26. The Morgan fingerprint density at radius 2 is 1.66 bits per heavy atom. The van der Waals surface area contributed by atoms with Gasteiger partial charge >= 0.3 is 5.97 Å². The minimum atomic E-state index is -0.418. The summed E-state index contributed by atoms with van der Waals surface area (Å²) < 4.78 is 10.8. The lowest BCUT2D eigenvalue weighted by atomic mass is 9.62. The fraction of sp³-hybridized carbons (Fsp3) is 0.458. The molecule has 1 N–H and O–H groups in total. The average Bonchev–Trinajstić information content (AvgIpc) is 2.72. The number of rotatable bonds is 12. The van der Waals surface area contributed by atoms with E-state index in [1.165, 1.54) is 16.7 Å². The van der Waals surface area contributed by atoms with Gasteiger partial charge in [-0.15, -0.1) is 0 Å². The number of hydrogen-bond acceptors (Lipinski definition) is 4. The number of ether oxygens (including phenoxy) is 2. The van der Waals surface area contributed by atoms with Crippen molar-refractivity contribution in [3.63, 3.8) is 0 Å². The van der Waals surface area contributed by atoms with Crippen LogP contribution in [0.25, 0.3) is 11.1 Å². The first kappa shape index (κ1) is 23.2. The molecule has 2 rings (SSSR count). The van der Waals surface area contributed by atoms with Crippen LogP contribution in [0.4, 0.5) is 0 Å². The Morgan fingerprint density at radius 3 is 2.24 bits per heavy atom. The highest BCUT2D eigenvalue weighted by atomic mass is 16.5. The van der Waals surface area contributed by atoms with Gasteiger partial charge in [-0.1, -0.05) is 61.4 Å². The first-order chi connectivity index (χ1) is 14.0. The fourth-order valence-electron chi connectivity index (χ4n) is 3.70.